The lowest BCUT2D eigenvalue weighted by Crippen LogP contribution is -2.03. The van der Waals surface area contributed by atoms with Gasteiger partial charge in [-0.2, -0.15) is 5.10 Å². The predicted molar refractivity (Wildman–Crippen MR) is 110 cm³/mol. The summed E-state index contributed by atoms with van der Waals surface area (Å²) in [7, 11) is 3.26. The molecule has 0 aliphatic carbocycles. The summed E-state index contributed by atoms with van der Waals surface area (Å²) in [6, 6.07) is 20.8. The molecule has 140 valence electrons. The van der Waals surface area contributed by atoms with E-state index >= 15 is 0 Å². The van der Waals surface area contributed by atoms with Crippen molar-refractivity contribution >= 4 is 17.1 Å². The van der Waals surface area contributed by atoms with Gasteiger partial charge in [0.05, 0.1) is 30.5 Å². The Bertz CT molecular complexity index is 1020. The van der Waals surface area contributed by atoms with Gasteiger partial charge in [0.25, 0.3) is 0 Å². The Morgan fingerprint density at radius 2 is 1.57 bits per heavy atom. The standard InChI is InChI=1S/C22H18N2O3S/c1-26-17-9-5-15(6-10-17)20-14-19(22(25)21-4-3-13-28-21)23-24(20)16-7-11-18(27-2)12-8-16/h3-14H,1-2H3. The second kappa shape index (κ2) is 7.70. The van der Waals surface area contributed by atoms with E-state index in [1.807, 2.05) is 72.1 Å². The Morgan fingerprint density at radius 1 is 0.929 bits per heavy atom. The summed E-state index contributed by atoms with van der Waals surface area (Å²) in [4.78, 5) is 13.5. The molecular weight excluding hydrogens is 372 g/mol. The second-order valence-electron chi connectivity index (χ2n) is 6.06. The van der Waals surface area contributed by atoms with Gasteiger partial charge in [-0.1, -0.05) is 6.07 Å². The zero-order valence-electron chi connectivity index (χ0n) is 15.5. The van der Waals surface area contributed by atoms with Crippen molar-refractivity contribution in [1.82, 2.24) is 9.78 Å². The number of aromatic nitrogens is 2. The van der Waals surface area contributed by atoms with E-state index in [1.165, 1.54) is 11.3 Å². The molecule has 6 heteroatoms. The summed E-state index contributed by atoms with van der Waals surface area (Å²) in [5.74, 6) is 1.45. The molecule has 4 rings (SSSR count). The van der Waals surface area contributed by atoms with E-state index < -0.39 is 0 Å². The van der Waals surface area contributed by atoms with E-state index in [0.29, 0.717) is 10.6 Å². The van der Waals surface area contributed by atoms with Crippen LogP contribution >= 0.6 is 11.3 Å². The van der Waals surface area contributed by atoms with Crippen LogP contribution in [-0.4, -0.2) is 29.8 Å². The first kappa shape index (κ1) is 18.0. The molecule has 0 N–H and O–H groups in total. The van der Waals surface area contributed by atoms with Gasteiger partial charge in [0.15, 0.2) is 0 Å². The van der Waals surface area contributed by atoms with Gasteiger partial charge < -0.3 is 9.47 Å². The third-order valence-electron chi connectivity index (χ3n) is 4.39. The number of hydrogen-bond donors (Lipinski definition) is 0. The van der Waals surface area contributed by atoms with Gasteiger partial charge in [-0.05, 0) is 66.0 Å². The molecule has 2 aromatic carbocycles. The minimum atomic E-state index is -0.0861. The summed E-state index contributed by atoms with van der Waals surface area (Å²) in [5.41, 5.74) is 3.02. The molecule has 4 aromatic rings. The van der Waals surface area contributed by atoms with Crippen LogP contribution in [-0.2, 0) is 0 Å². The van der Waals surface area contributed by atoms with Crippen LogP contribution in [0.2, 0.25) is 0 Å². The van der Waals surface area contributed by atoms with Crippen molar-refractivity contribution in [3.05, 3.63) is 82.7 Å². The minimum Gasteiger partial charge on any atom is -0.497 e. The zero-order chi connectivity index (χ0) is 19.5. The van der Waals surface area contributed by atoms with Crippen molar-refractivity contribution < 1.29 is 14.3 Å². The highest BCUT2D eigenvalue weighted by molar-refractivity contribution is 7.12. The van der Waals surface area contributed by atoms with Crippen LogP contribution in [0.25, 0.3) is 16.9 Å². The van der Waals surface area contributed by atoms with Crippen molar-refractivity contribution in [3.8, 4) is 28.4 Å². The molecule has 2 aromatic heterocycles. The maximum Gasteiger partial charge on any atom is 0.223 e. The van der Waals surface area contributed by atoms with E-state index in [0.717, 1.165) is 28.4 Å². The number of nitrogens with zero attached hydrogens (tertiary/aromatic N) is 2. The molecule has 0 bridgehead atoms. The highest BCUT2D eigenvalue weighted by atomic mass is 32.1. The highest BCUT2D eigenvalue weighted by Crippen LogP contribution is 2.28. The molecule has 0 aliphatic rings. The molecule has 0 atom stereocenters. The molecule has 0 fully saturated rings. The third-order valence-corrected chi connectivity index (χ3v) is 5.26. The molecule has 5 nitrogen and oxygen atoms in total. The molecule has 2 heterocycles. The lowest BCUT2D eigenvalue weighted by Gasteiger charge is -2.09. The van der Waals surface area contributed by atoms with Crippen LogP contribution in [0, 0.1) is 0 Å². The Labute approximate surface area is 166 Å². The van der Waals surface area contributed by atoms with Crippen molar-refractivity contribution in [1.29, 1.82) is 0 Å². The Kier molecular flexibility index (Phi) is 4.95. The summed E-state index contributed by atoms with van der Waals surface area (Å²) < 4.78 is 12.3. The first-order valence-electron chi connectivity index (χ1n) is 8.66. The molecule has 0 spiro atoms. The smallest absolute Gasteiger partial charge is 0.223 e. The van der Waals surface area contributed by atoms with E-state index in [1.54, 1.807) is 18.9 Å². The first-order chi connectivity index (χ1) is 13.7. The van der Waals surface area contributed by atoms with E-state index in [9.17, 15) is 4.79 Å². The first-order valence-corrected chi connectivity index (χ1v) is 9.54. The molecule has 0 radical (unpaired) electrons. The van der Waals surface area contributed by atoms with E-state index in [4.69, 9.17) is 9.47 Å². The summed E-state index contributed by atoms with van der Waals surface area (Å²) in [6.07, 6.45) is 0. The highest BCUT2D eigenvalue weighted by Gasteiger charge is 2.19. The molecule has 28 heavy (non-hydrogen) atoms. The quantitative estimate of drug-likeness (QED) is 0.442. The van der Waals surface area contributed by atoms with Gasteiger partial charge in [0, 0.05) is 5.56 Å². The van der Waals surface area contributed by atoms with Gasteiger partial charge in [-0.3, -0.25) is 4.79 Å². The number of hydrogen-bond acceptors (Lipinski definition) is 5. The zero-order valence-corrected chi connectivity index (χ0v) is 16.3. The van der Waals surface area contributed by atoms with Crippen LogP contribution < -0.4 is 9.47 Å². The molecule has 0 aliphatic heterocycles. The SMILES string of the molecule is COc1ccc(-c2cc(C(=O)c3cccs3)nn2-c2ccc(OC)cc2)cc1. The summed E-state index contributed by atoms with van der Waals surface area (Å²) in [5, 5.41) is 6.50. The van der Waals surface area contributed by atoms with Gasteiger partial charge >= 0.3 is 0 Å². The summed E-state index contributed by atoms with van der Waals surface area (Å²) >= 11 is 1.41. The number of ketones is 1. The molecular formula is C22H18N2O3S. The Hall–Kier alpha value is -3.38. The predicted octanol–water partition coefficient (Wildman–Crippen LogP) is 4.85. The summed E-state index contributed by atoms with van der Waals surface area (Å²) in [6.45, 7) is 0. The van der Waals surface area contributed by atoms with Crippen LogP contribution in [0.15, 0.2) is 72.1 Å². The van der Waals surface area contributed by atoms with Crippen LogP contribution in [0.3, 0.4) is 0 Å². The van der Waals surface area contributed by atoms with Gasteiger partial charge in [0.2, 0.25) is 5.78 Å². The van der Waals surface area contributed by atoms with Crippen LogP contribution in [0.1, 0.15) is 15.4 Å². The van der Waals surface area contributed by atoms with Gasteiger partial charge in [0.1, 0.15) is 17.2 Å². The second-order valence-corrected chi connectivity index (χ2v) is 7.01. The topological polar surface area (TPSA) is 53.3 Å². The van der Waals surface area contributed by atoms with Crippen molar-refractivity contribution in [3.63, 3.8) is 0 Å². The van der Waals surface area contributed by atoms with Gasteiger partial charge in [-0.15, -0.1) is 11.3 Å². The largest absolute Gasteiger partial charge is 0.497 e. The number of benzene rings is 2. The van der Waals surface area contributed by atoms with Crippen LogP contribution in [0.4, 0.5) is 0 Å². The van der Waals surface area contributed by atoms with Crippen molar-refractivity contribution in [2.24, 2.45) is 0 Å². The fourth-order valence-electron chi connectivity index (χ4n) is 2.91. The maximum absolute atomic E-state index is 12.8. The lowest BCUT2D eigenvalue weighted by molar-refractivity contribution is 0.103. The number of ether oxygens (including phenoxy) is 2. The van der Waals surface area contributed by atoms with Crippen molar-refractivity contribution in [2.45, 2.75) is 0 Å². The number of thiophene rings is 1. The lowest BCUT2D eigenvalue weighted by atomic mass is 10.1. The molecule has 0 saturated heterocycles. The van der Waals surface area contributed by atoms with Gasteiger partial charge in [-0.25, -0.2) is 4.68 Å². The van der Waals surface area contributed by atoms with E-state index in [-0.39, 0.29) is 5.78 Å². The average Bonchev–Trinajstić information content (AvgIpc) is 3.44. The number of carbonyl (C=O) groups is 1. The van der Waals surface area contributed by atoms with E-state index in [2.05, 4.69) is 5.10 Å². The number of carbonyl (C=O) groups excluding carboxylic acids is 1. The fraction of sp³-hybridized carbons (Fsp3) is 0.0909. The normalized spacial score (nSPS) is 10.6. The molecule has 0 saturated carbocycles. The number of rotatable bonds is 6. The average molecular weight is 390 g/mol. The van der Waals surface area contributed by atoms with Crippen LogP contribution in [0.5, 0.6) is 11.5 Å². The van der Waals surface area contributed by atoms with Crippen molar-refractivity contribution in [2.75, 3.05) is 14.2 Å². The third kappa shape index (κ3) is 3.42. The number of methoxy groups -OCH3 is 2. The molecule has 0 amide bonds. The molecule has 0 unspecified atom stereocenters. The Balaban J connectivity index is 1.82. The minimum absolute atomic E-state index is 0.0861. The monoisotopic (exact) mass is 390 g/mol. The maximum atomic E-state index is 12.8. The fourth-order valence-corrected chi connectivity index (χ4v) is 3.59. The Morgan fingerprint density at radius 3 is 2.14 bits per heavy atom.